The largest absolute Gasteiger partial charge is 0.328 e. The van der Waals surface area contributed by atoms with Gasteiger partial charge in [0.1, 0.15) is 0 Å². The van der Waals surface area contributed by atoms with E-state index in [0.29, 0.717) is 12.1 Å². The van der Waals surface area contributed by atoms with E-state index >= 15 is 0 Å². The summed E-state index contributed by atoms with van der Waals surface area (Å²) in [6.07, 6.45) is 3.99. The molecule has 1 atom stereocenters. The molecule has 1 unspecified atom stereocenters. The first-order valence-corrected chi connectivity index (χ1v) is 9.86. The Morgan fingerprint density at radius 2 is 1.96 bits per heavy atom. The number of carbonyl (C=O) groups is 1. The van der Waals surface area contributed by atoms with Gasteiger partial charge in [-0.1, -0.05) is 42.5 Å². The molecule has 0 saturated carbocycles. The molecule has 0 spiro atoms. The summed E-state index contributed by atoms with van der Waals surface area (Å²) >= 11 is 1.73. The number of hydrogen-bond acceptors (Lipinski definition) is 4. The highest BCUT2D eigenvalue weighted by Gasteiger charge is 2.31. The van der Waals surface area contributed by atoms with Crippen LogP contribution in [-0.2, 0) is 11.2 Å². The van der Waals surface area contributed by atoms with Crippen molar-refractivity contribution in [2.45, 2.75) is 12.5 Å². The quantitative estimate of drug-likeness (QED) is 0.364. The fraction of sp³-hybridized carbons (Fsp3) is 0.136. The van der Waals surface area contributed by atoms with Gasteiger partial charge in [0.05, 0.1) is 11.0 Å². The Morgan fingerprint density at radius 3 is 2.75 bits per heavy atom. The number of non-ortho nitro benzene ring substituents is 1. The third-order valence-corrected chi connectivity index (χ3v) is 5.86. The summed E-state index contributed by atoms with van der Waals surface area (Å²) < 4.78 is 0. The van der Waals surface area contributed by atoms with Gasteiger partial charge >= 0.3 is 0 Å². The lowest BCUT2D eigenvalue weighted by molar-refractivity contribution is -0.384. The number of carbonyl (C=O) groups excluding carboxylic acids is 1. The number of nitro benzene ring substituents is 1. The Bertz CT molecular complexity index is 1040. The number of fused-ring (bicyclic) bond motifs is 1. The van der Waals surface area contributed by atoms with Gasteiger partial charge in [0.25, 0.3) is 5.69 Å². The lowest BCUT2D eigenvalue weighted by Crippen LogP contribution is -2.39. The average molecular weight is 390 g/mol. The fourth-order valence-corrected chi connectivity index (χ4v) is 4.46. The molecule has 1 aromatic heterocycles. The monoisotopic (exact) mass is 390 g/mol. The molecular formula is C22H18N2O3S. The number of benzene rings is 2. The maximum absolute atomic E-state index is 13.0. The zero-order valence-corrected chi connectivity index (χ0v) is 15.8. The maximum atomic E-state index is 13.0. The normalized spacial score (nSPS) is 16.1. The van der Waals surface area contributed by atoms with Crippen molar-refractivity contribution in [1.82, 2.24) is 4.90 Å². The van der Waals surface area contributed by atoms with Gasteiger partial charge in [-0.3, -0.25) is 14.9 Å². The van der Waals surface area contributed by atoms with E-state index < -0.39 is 4.92 Å². The Morgan fingerprint density at radius 1 is 1.14 bits per heavy atom. The second-order valence-corrected chi connectivity index (χ2v) is 7.58. The zero-order chi connectivity index (χ0) is 19.5. The summed E-state index contributed by atoms with van der Waals surface area (Å²) in [6, 6.07) is 18.3. The highest BCUT2D eigenvalue weighted by Crippen LogP contribution is 2.37. The van der Waals surface area contributed by atoms with E-state index in [1.807, 2.05) is 35.2 Å². The van der Waals surface area contributed by atoms with Gasteiger partial charge < -0.3 is 4.90 Å². The Kier molecular flexibility index (Phi) is 5.04. The van der Waals surface area contributed by atoms with E-state index in [1.54, 1.807) is 29.5 Å². The van der Waals surface area contributed by atoms with Gasteiger partial charge in [-0.2, -0.15) is 0 Å². The molecule has 2 heterocycles. The smallest absolute Gasteiger partial charge is 0.270 e. The Labute approximate surface area is 166 Å². The van der Waals surface area contributed by atoms with Crippen LogP contribution < -0.4 is 0 Å². The molecule has 2 aromatic carbocycles. The van der Waals surface area contributed by atoms with Crippen LogP contribution in [0.1, 0.15) is 27.6 Å². The van der Waals surface area contributed by atoms with Crippen LogP contribution in [0.15, 0.2) is 72.1 Å². The molecule has 5 nitrogen and oxygen atoms in total. The highest BCUT2D eigenvalue weighted by molar-refractivity contribution is 7.10. The van der Waals surface area contributed by atoms with Crippen molar-refractivity contribution in [3.05, 3.63) is 104 Å². The molecule has 1 aliphatic rings. The third-order valence-electron chi connectivity index (χ3n) is 4.86. The minimum Gasteiger partial charge on any atom is -0.328 e. The lowest BCUT2D eigenvalue weighted by atomic mass is 9.93. The lowest BCUT2D eigenvalue weighted by Gasteiger charge is -2.35. The standard InChI is InChI=1S/C22H18N2O3S/c25-21(10-9-16-5-4-8-18(15-16)24(26)27)23-13-11-20-19(12-14-28-20)22(23)17-6-2-1-3-7-17/h1-10,12,14-15,22H,11,13H2/b10-9+. The number of rotatable bonds is 4. The number of hydrogen-bond donors (Lipinski definition) is 0. The first-order valence-electron chi connectivity index (χ1n) is 8.98. The molecule has 0 saturated heterocycles. The topological polar surface area (TPSA) is 63.4 Å². The zero-order valence-electron chi connectivity index (χ0n) is 15.0. The van der Waals surface area contributed by atoms with Crippen LogP contribution >= 0.6 is 11.3 Å². The number of thiophene rings is 1. The fourth-order valence-electron chi connectivity index (χ4n) is 3.55. The first-order chi connectivity index (χ1) is 13.6. The predicted molar refractivity (Wildman–Crippen MR) is 110 cm³/mol. The van der Waals surface area contributed by atoms with Crippen molar-refractivity contribution in [3.8, 4) is 0 Å². The molecule has 4 rings (SSSR count). The molecular weight excluding hydrogens is 372 g/mol. The molecule has 0 fully saturated rings. The third kappa shape index (κ3) is 3.59. The van der Waals surface area contributed by atoms with Gasteiger partial charge in [-0.15, -0.1) is 11.3 Å². The summed E-state index contributed by atoms with van der Waals surface area (Å²) in [5.41, 5.74) is 2.91. The molecule has 0 bridgehead atoms. The second kappa shape index (κ2) is 7.78. The van der Waals surface area contributed by atoms with Gasteiger partial charge in [-0.05, 0) is 40.6 Å². The molecule has 1 amide bonds. The minimum atomic E-state index is -0.437. The van der Waals surface area contributed by atoms with Crippen LogP contribution in [0.2, 0.25) is 0 Å². The van der Waals surface area contributed by atoms with Crippen molar-refractivity contribution >= 4 is 29.0 Å². The van der Waals surface area contributed by atoms with Gasteiger partial charge in [-0.25, -0.2) is 0 Å². The van der Waals surface area contributed by atoms with Crippen LogP contribution in [0.5, 0.6) is 0 Å². The van der Waals surface area contributed by atoms with E-state index in [-0.39, 0.29) is 17.6 Å². The van der Waals surface area contributed by atoms with E-state index in [2.05, 4.69) is 11.4 Å². The summed E-state index contributed by atoms with van der Waals surface area (Å²) in [6.45, 7) is 0.644. The van der Waals surface area contributed by atoms with Crippen molar-refractivity contribution in [2.24, 2.45) is 0 Å². The van der Waals surface area contributed by atoms with Crippen molar-refractivity contribution < 1.29 is 9.72 Å². The molecule has 0 aliphatic carbocycles. The van der Waals surface area contributed by atoms with Crippen molar-refractivity contribution in [3.63, 3.8) is 0 Å². The molecule has 1 aliphatic heterocycles. The van der Waals surface area contributed by atoms with Crippen LogP contribution in [0.25, 0.3) is 6.08 Å². The number of nitro groups is 1. The maximum Gasteiger partial charge on any atom is 0.270 e. The molecule has 28 heavy (non-hydrogen) atoms. The van der Waals surface area contributed by atoms with Crippen LogP contribution in [0.3, 0.4) is 0 Å². The Hall–Kier alpha value is -3.25. The van der Waals surface area contributed by atoms with Crippen molar-refractivity contribution in [2.75, 3.05) is 6.54 Å². The second-order valence-electron chi connectivity index (χ2n) is 6.58. The van der Waals surface area contributed by atoms with E-state index in [1.165, 1.54) is 28.6 Å². The molecule has 140 valence electrons. The summed E-state index contributed by atoms with van der Waals surface area (Å²) in [5.74, 6) is -0.0998. The SMILES string of the molecule is O=C(/C=C/c1cccc([N+](=O)[O-])c1)N1CCc2sccc2C1c1ccccc1. The van der Waals surface area contributed by atoms with Crippen LogP contribution in [-0.4, -0.2) is 22.3 Å². The van der Waals surface area contributed by atoms with Crippen molar-refractivity contribution in [1.29, 1.82) is 0 Å². The van der Waals surface area contributed by atoms with Gasteiger partial charge in [0.15, 0.2) is 0 Å². The molecule has 0 radical (unpaired) electrons. The van der Waals surface area contributed by atoms with Gasteiger partial charge in [0, 0.05) is 29.6 Å². The average Bonchev–Trinajstić information content (AvgIpc) is 3.21. The summed E-state index contributed by atoms with van der Waals surface area (Å²) in [7, 11) is 0. The number of nitrogens with zero attached hydrogens (tertiary/aromatic N) is 2. The summed E-state index contributed by atoms with van der Waals surface area (Å²) in [4.78, 5) is 26.7. The minimum absolute atomic E-state index is 0.0117. The Balaban J connectivity index is 1.63. The summed E-state index contributed by atoms with van der Waals surface area (Å²) in [5, 5.41) is 13.0. The van der Waals surface area contributed by atoms with E-state index in [0.717, 1.165) is 12.0 Å². The molecule has 6 heteroatoms. The van der Waals surface area contributed by atoms with Crippen LogP contribution in [0.4, 0.5) is 5.69 Å². The molecule has 3 aromatic rings. The molecule has 0 N–H and O–H groups in total. The van der Waals surface area contributed by atoms with E-state index in [4.69, 9.17) is 0 Å². The predicted octanol–water partition coefficient (Wildman–Crippen LogP) is 4.84. The van der Waals surface area contributed by atoms with Crippen LogP contribution in [0, 0.1) is 10.1 Å². The van der Waals surface area contributed by atoms with Gasteiger partial charge in [0.2, 0.25) is 5.91 Å². The highest BCUT2D eigenvalue weighted by atomic mass is 32.1. The first kappa shape index (κ1) is 18.1. The number of amides is 1. The van der Waals surface area contributed by atoms with E-state index in [9.17, 15) is 14.9 Å².